The van der Waals surface area contributed by atoms with Gasteiger partial charge in [0.05, 0.1) is 13.2 Å². The van der Waals surface area contributed by atoms with Gasteiger partial charge in [-0.05, 0) is 30.7 Å². The number of pyridine rings is 1. The standard InChI is InChI=1S/C22H27N9O2/c32-20(18-7-10-23-11-8-18)28-29-22-27-21(26-19-5-2-1-3-6-19)24-17-31(22)25-9-4-12-30-13-15-33-16-14-30/h1-3,5-8,10-11,17,25H,4,9,12-16H2,(H2,23,26,27,28,29,32)/p+1. The Balaban J connectivity index is 1.40. The molecule has 0 atom stereocenters. The van der Waals surface area contributed by atoms with Gasteiger partial charge in [-0.15, -0.1) is 4.68 Å². The van der Waals surface area contributed by atoms with Crippen molar-refractivity contribution >= 4 is 23.5 Å². The Labute approximate surface area is 192 Å². The quantitative estimate of drug-likeness (QED) is 0.203. The lowest BCUT2D eigenvalue weighted by atomic mass is 10.3. The van der Waals surface area contributed by atoms with Crippen molar-refractivity contribution in [2.24, 2.45) is 0 Å². The van der Waals surface area contributed by atoms with Crippen LogP contribution in [0, 0.1) is 0 Å². The Morgan fingerprint density at radius 1 is 1.09 bits per heavy atom. The van der Waals surface area contributed by atoms with Gasteiger partial charge >= 0.3 is 11.9 Å². The molecule has 3 aromatic rings. The summed E-state index contributed by atoms with van der Waals surface area (Å²) >= 11 is 0. The Morgan fingerprint density at radius 2 is 1.88 bits per heavy atom. The molecule has 1 aromatic carbocycles. The minimum atomic E-state index is -0.299. The molecule has 172 valence electrons. The van der Waals surface area contributed by atoms with Gasteiger partial charge in [-0.1, -0.05) is 28.2 Å². The molecule has 1 amide bonds. The van der Waals surface area contributed by atoms with Crippen LogP contribution in [0.5, 0.6) is 0 Å². The lowest BCUT2D eigenvalue weighted by molar-refractivity contribution is -0.641. The van der Waals surface area contributed by atoms with Crippen LogP contribution in [0.3, 0.4) is 0 Å². The van der Waals surface area contributed by atoms with Crippen LogP contribution in [-0.2, 0) is 4.74 Å². The van der Waals surface area contributed by atoms with Crippen molar-refractivity contribution in [2.75, 3.05) is 55.6 Å². The number of morpholine rings is 1. The number of nitrogens with zero attached hydrogens (tertiary/aromatic N) is 5. The number of amides is 1. The lowest BCUT2D eigenvalue weighted by Gasteiger charge is -2.26. The number of anilines is 3. The van der Waals surface area contributed by atoms with Crippen LogP contribution in [0.4, 0.5) is 17.6 Å². The number of carbonyl (C=O) groups is 1. The first-order valence-corrected chi connectivity index (χ1v) is 10.9. The molecule has 1 saturated heterocycles. The van der Waals surface area contributed by atoms with E-state index >= 15 is 0 Å². The van der Waals surface area contributed by atoms with Crippen molar-refractivity contribution in [3.05, 3.63) is 66.7 Å². The van der Waals surface area contributed by atoms with Crippen LogP contribution < -0.4 is 26.3 Å². The van der Waals surface area contributed by atoms with E-state index in [-0.39, 0.29) is 5.91 Å². The minimum Gasteiger partial charge on any atom is -0.379 e. The molecule has 0 bridgehead atoms. The molecule has 0 spiro atoms. The van der Waals surface area contributed by atoms with Gasteiger partial charge in [-0.25, -0.2) is 5.43 Å². The largest absolute Gasteiger partial charge is 0.394 e. The number of hydrogen-bond donors (Lipinski definition) is 4. The molecule has 4 N–H and O–H groups in total. The number of rotatable bonds is 10. The summed E-state index contributed by atoms with van der Waals surface area (Å²) in [6.45, 7) is 5.19. The van der Waals surface area contributed by atoms with Gasteiger partial charge in [-0.2, -0.15) is 5.43 Å². The van der Waals surface area contributed by atoms with Gasteiger partial charge in [0.2, 0.25) is 6.33 Å². The average Bonchev–Trinajstić information content (AvgIpc) is 2.88. The predicted octanol–water partition coefficient (Wildman–Crippen LogP) is 0.925. The SMILES string of the molecule is O=C(NNc1nc(Nc2ccccc2)nc[n+]1NCCCN1CCOCC1)c1ccncc1. The Hall–Kier alpha value is -3.83. The molecular formula is C22H28N9O2+. The summed E-state index contributed by atoms with van der Waals surface area (Å²) in [5.41, 5.74) is 10.2. The van der Waals surface area contributed by atoms with E-state index in [1.54, 1.807) is 35.5 Å². The van der Waals surface area contributed by atoms with E-state index in [1.807, 2.05) is 30.3 Å². The molecule has 11 heteroatoms. The molecule has 4 rings (SSSR count). The third-order valence-electron chi connectivity index (χ3n) is 5.03. The van der Waals surface area contributed by atoms with Crippen LogP contribution in [0.1, 0.15) is 16.8 Å². The van der Waals surface area contributed by atoms with E-state index in [9.17, 15) is 4.79 Å². The number of hydrogen-bond acceptors (Lipinski definition) is 9. The summed E-state index contributed by atoms with van der Waals surface area (Å²) in [6.07, 6.45) is 5.70. The van der Waals surface area contributed by atoms with Crippen LogP contribution in [0.2, 0.25) is 0 Å². The zero-order chi connectivity index (χ0) is 22.7. The average molecular weight is 451 g/mol. The zero-order valence-electron chi connectivity index (χ0n) is 18.3. The van der Waals surface area contributed by atoms with Crippen LogP contribution in [0.25, 0.3) is 0 Å². The Bertz CT molecular complexity index is 1010. The van der Waals surface area contributed by atoms with Gasteiger partial charge in [0.1, 0.15) is 0 Å². The molecule has 33 heavy (non-hydrogen) atoms. The highest BCUT2D eigenvalue weighted by Crippen LogP contribution is 2.11. The molecule has 1 fully saturated rings. The van der Waals surface area contributed by atoms with Gasteiger partial charge < -0.3 is 10.1 Å². The summed E-state index contributed by atoms with van der Waals surface area (Å²) in [7, 11) is 0. The first-order chi connectivity index (χ1) is 16.3. The normalized spacial score (nSPS) is 13.8. The Kier molecular flexibility index (Phi) is 7.93. The number of hydrazine groups is 1. The third kappa shape index (κ3) is 6.82. The van der Waals surface area contributed by atoms with Gasteiger partial charge in [0, 0.05) is 49.8 Å². The van der Waals surface area contributed by atoms with Gasteiger partial charge in [0.15, 0.2) is 0 Å². The number of ether oxygens (including phenoxy) is 1. The maximum absolute atomic E-state index is 12.4. The van der Waals surface area contributed by atoms with Crippen molar-refractivity contribution in [2.45, 2.75) is 6.42 Å². The monoisotopic (exact) mass is 450 g/mol. The fraction of sp³-hybridized carbons (Fsp3) is 0.318. The molecule has 11 nitrogen and oxygen atoms in total. The molecule has 0 radical (unpaired) electrons. The van der Waals surface area contributed by atoms with E-state index in [0.717, 1.165) is 45.0 Å². The summed E-state index contributed by atoms with van der Waals surface area (Å²) in [5.74, 6) is 0.484. The highest BCUT2D eigenvalue weighted by atomic mass is 16.5. The van der Waals surface area contributed by atoms with E-state index in [0.29, 0.717) is 24.0 Å². The van der Waals surface area contributed by atoms with Crippen molar-refractivity contribution in [3.63, 3.8) is 0 Å². The van der Waals surface area contributed by atoms with E-state index in [1.165, 1.54) is 0 Å². The number of benzene rings is 1. The summed E-state index contributed by atoms with van der Waals surface area (Å²) in [4.78, 5) is 27.6. The van der Waals surface area contributed by atoms with Crippen LogP contribution >= 0.6 is 0 Å². The van der Waals surface area contributed by atoms with Crippen LogP contribution in [-0.4, -0.2) is 65.2 Å². The summed E-state index contributed by atoms with van der Waals surface area (Å²) in [5, 5.41) is 3.16. The Morgan fingerprint density at radius 3 is 2.67 bits per heavy atom. The molecule has 3 heterocycles. The number of nitrogens with one attached hydrogen (secondary N) is 4. The number of para-hydroxylation sites is 1. The topological polar surface area (TPSA) is 120 Å². The van der Waals surface area contributed by atoms with E-state index in [2.05, 4.69) is 41.4 Å². The lowest BCUT2D eigenvalue weighted by Crippen LogP contribution is -2.51. The number of carbonyl (C=O) groups excluding carboxylic acids is 1. The molecule has 0 saturated carbocycles. The van der Waals surface area contributed by atoms with Crippen molar-refractivity contribution in [1.29, 1.82) is 0 Å². The first kappa shape index (κ1) is 22.4. The maximum atomic E-state index is 12.4. The van der Waals surface area contributed by atoms with Gasteiger partial charge in [0.25, 0.3) is 5.91 Å². The van der Waals surface area contributed by atoms with Crippen LogP contribution in [0.15, 0.2) is 61.2 Å². The zero-order valence-corrected chi connectivity index (χ0v) is 18.3. The fourth-order valence-corrected chi connectivity index (χ4v) is 3.28. The molecule has 0 aliphatic carbocycles. The van der Waals surface area contributed by atoms with Crippen molar-refractivity contribution in [1.82, 2.24) is 25.3 Å². The predicted molar refractivity (Wildman–Crippen MR) is 123 cm³/mol. The molecule has 0 unspecified atom stereocenters. The third-order valence-corrected chi connectivity index (χ3v) is 5.03. The molecule has 2 aromatic heterocycles. The molecular weight excluding hydrogens is 422 g/mol. The maximum Gasteiger partial charge on any atom is 0.394 e. The second-order valence-corrected chi connectivity index (χ2v) is 7.40. The highest BCUT2D eigenvalue weighted by Gasteiger charge is 2.17. The second-order valence-electron chi connectivity index (χ2n) is 7.40. The van der Waals surface area contributed by atoms with Gasteiger partial charge in [-0.3, -0.25) is 20.1 Å². The first-order valence-electron chi connectivity index (χ1n) is 10.9. The summed E-state index contributed by atoms with van der Waals surface area (Å²) in [6, 6.07) is 12.9. The smallest absolute Gasteiger partial charge is 0.379 e. The van der Waals surface area contributed by atoms with Crippen molar-refractivity contribution < 1.29 is 14.2 Å². The summed E-state index contributed by atoms with van der Waals surface area (Å²) < 4.78 is 7.05. The minimum absolute atomic E-state index is 0.299. The number of aromatic nitrogens is 4. The fourth-order valence-electron chi connectivity index (χ4n) is 3.28. The molecule has 1 aliphatic rings. The van der Waals surface area contributed by atoms with E-state index in [4.69, 9.17) is 4.74 Å². The van der Waals surface area contributed by atoms with E-state index < -0.39 is 0 Å². The molecule has 1 aliphatic heterocycles. The second kappa shape index (κ2) is 11.7. The highest BCUT2D eigenvalue weighted by molar-refractivity contribution is 5.94. The van der Waals surface area contributed by atoms with Crippen molar-refractivity contribution in [3.8, 4) is 0 Å².